The van der Waals surface area contributed by atoms with Gasteiger partial charge >= 0.3 is 35.1 Å². The van der Waals surface area contributed by atoms with Crippen molar-refractivity contribution in [2.75, 3.05) is 11.1 Å². The molecular formula is C15H7ClF13N5S. The summed E-state index contributed by atoms with van der Waals surface area (Å²) in [6.45, 7) is 0. The Kier molecular flexibility index (Phi) is 7.32. The van der Waals surface area contributed by atoms with Crippen molar-refractivity contribution in [3.63, 3.8) is 0 Å². The standard InChI is InChI=1S/C15H7ClF13N5S/c16-7-32-8(30)34-9(33-7)31-5-3-1-2-4-6(5)35-15(28,29)13(23,24)11(19,20)10(17,18)12(21,22)14(25,26)27/h1-4H,(H3,30,31,32,33,34). The van der Waals surface area contributed by atoms with Crippen LogP contribution in [0.2, 0.25) is 5.28 Å². The molecule has 2 rings (SSSR count). The van der Waals surface area contributed by atoms with Gasteiger partial charge in [-0.15, -0.1) is 0 Å². The maximum Gasteiger partial charge on any atom is 0.460 e. The summed E-state index contributed by atoms with van der Waals surface area (Å²) in [6, 6.07) is 3.35. The van der Waals surface area contributed by atoms with E-state index in [1.165, 1.54) is 0 Å². The average molecular weight is 572 g/mol. The highest BCUT2D eigenvalue weighted by Gasteiger charge is 2.91. The fraction of sp³-hybridized carbons (Fsp3) is 0.400. The van der Waals surface area contributed by atoms with Gasteiger partial charge in [-0.05, 0) is 35.5 Å². The zero-order valence-electron chi connectivity index (χ0n) is 15.9. The Bertz CT molecular complexity index is 1060. The van der Waals surface area contributed by atoms with Crippen LogP contribution < -0.4 is 11.1 Å². The predicted molar refractivity (Wildman–Crippen MR) is 95.6 cm³/mol. The van der Waals surface area contributed by atoms with Crippen molar-refractivity contribution >= 4 is 40.9 Å². The van der Waals surface area contributed by atoms with Crippen molar-refractivity contribution in [2.45, 2.75) is 40.0 Å². The summed E-state index contributed by atoms with van der Waals surface area (Å²) in [5.74, 6) is -32.2. The first-order chi connectivity index (χ1) is 15.6. The highest BCUT2D eigenvalue weighted by molar-refractivity contribution is 8.00. The normalized spacial score (nSPS) is 14.2. The summed E-state index contributed by atoms with van der Waals surface area (Å²) in [5.41, 5.74) is 4.60. The lowest BCUT2D eigenvalue weighted by molar-refractivity contribution is -0.433. The fourth-order valence-corrected chi connectivity index (χ4v) is 3.23. The molecule has 1 aromatic heterocycles. The Morgan fingerprint density at radius 1 is 0.714 bits per heavy atom. The molecule has 20 heteroatoms. The lowest BCUT2D eigenvalue weighted by Gasteiger charge is -2.39. The third kappa shape index (κ3) is 4.96. The number of thioether (sulfide) groups is 1. The van der Waals surface area contributed by atoms with Gasteiger partial charge in [0.2, 0.25) is 17.2 Å². The molecule has 0 aliphatic heterocycles. The van der Waals surface area contributed by atoms with E-state index in [1.807, 2.05) is 0 Å². The van der Waals surface area contributed by atoms with Gasteiger partial charge in [0, 0.05) is 4.90 Å². The van der Waals surface area contributed by atoms with Crippen molar-refractivity contribution in [1.82, 2.24) is 15.0 Å². The van der Waals surface area contributed by atoms with Crippen LogP contribution in [0.1, 0.15) is 0 Å². The lowest BCUT2D eigenvalue weighted by atomic mass is 9.98. The Hall–Kier alpha value is -2.44. The second-order valence-corrected chi connectivity index (χ2v) is 7.82. The molecule has 0 saturated carbocycles. The van der Waals surface area contributed by atoms with Crippen molar-refractivity contribution in [3.8, 4) is 0 Å². The molecular weight excluding hydrogens is 565 g/mol. The van der Waals surface area contributed by atoms with Crippen LogP contribution in [0.15, 0.2) is 29.2 Å². The number of hydrogen-bond acceptors (Lipinski definition) is 6. The highest BCUT2D eigenvalue weighted by atomic mass is 35.5. The molecule has 196 valence electrons. The molecule has 2 aromatic rings. The van der Waals surface area contributed by atoms with Gasteiger partial charge < -0.3 is 11.1 Å². The van der Waals surface area contributed by atoms with Crippen LogP contribution in [0, 0.1) is 0 Å². The molecule has 0 saturated heterocycles. The fourth-order valence-electron chi connectivity index (χ4n) is 2.16. The van der Waals surface area contributed by atoms with Crippen molar-refractivity contribution in [1.29, 1.82) is 0 Å². The first kappa shape index (κ1) is 28.8. The molecule has 0 spiro atoms. The van der Waals surface area contributed by atoms with Crippen molar-refractivity contribution < 1.29 is 57.1 Å². The molecule has 0 unspecified atom stereocenters. The number of alkyl halides is 13. The number of nitrogen functional groups attached to an aromatic ring is 1. The number of hydrogen-bond donors (Lipinski definition) is 2. The van der Waals surface area contributed by atoms with Crippen LogP contribution in [-0.4, -0.2) is 50.1 Å². The molecule has 0 fully saturated rings. The Labute approximate surface area is 194 Å². The number of nitrogens with one attached hydrogen (secondary N) is 1. The van der Waals surface area contributed by atoms with E-state index in [4.69, 9.17) is 17.3 Å². The van der Waals surface area contributed by atoms with Crippen LogP contribution in [0.4, 0.5) is 74.7 Å². The van der Waals surface area contributed by atoms with Gasteiger partial charge in [0.1, 0.15) is 0 Å². The van der Waals surface area contributed by atoms with Crippen molar-refractivity contribution in [3.05, 3.63) is 29.5 Å². The summed E-state index contributed by atoms with van der Waals surface area (Å²) in [5, 5.41) is -4.82. The maximum absolute atomic E-state index is 14.2. The molecule has 3 N–H and O–H groups in total. The molecule has 35 heavy (non-hydrogen) atoms. The lowest BCUT2D eigenvalue weighted by Crippen LogP contribution is -2.69. The second kappa shape index (κ2) is 8.90. The topological polar surface area (TPSA) is 76.7 Å². The summed E-state index contributed by atoms with van der Waals surface area (Å²) in [7, 11) is 0. The van der Waals surface area contributed by atoms with Crippen LogP contribution in [0.25, 0.3) is 0 Å². The number of benzene rings is 1. The van der Waals surface area contributed by atoms with Crippen molar-refractivity contribution in [2.24, 2.45) is 0 Å². The molecule has 0 aliphatic rings. The number of nitrogens with two attached hydrogens (primary N) is 1. The van der Waals surface area contributed by atoms with E-state index >= 15 is 0 Å². The second-order valence-electron chi connectivity index (χ2n) is 6.32. The third-order valence-electron chi connectivity index (χ3n) is 3.90. The summed E-state index contributed by atoms with van der Waals surface area (Å²) >= 11 is 3.93. The first-order valence-corrected chi connectivity index (χ1v) is 9.46. The van der Waals surface area contributed by atoms with Gasteiger partial charge in [0.05, 0.1) is 5.69 Å². The molecule has 1 aromatic carbocycles. The number of para-hydroxylation sites is 1. The minimum Gasteiger partial charge on any atom is -0.368 e. The molecule has 0 amide bonds. The molecule has 0 radical (unpaired) electrons. The van der Waals surface area contributed by atoms with E-state index in [-0.39, 0.29) is 0 Å². The average Bonchev–Trinajstić information content (AvgIpc) is 2.67. The van der Waals surface area contributed by atoms with Gasteiger partial charge in [0.15, 0.2) is 0 Å². The monoisotopic (exact) mass is 571 g/mol. The van der Waals surface area contributed by atoms with Crippen LogP contribution in [0.5, 0.6) is 0 Å². The first-order valence-electron chi connectivity index (χ1n) is 8.26. The smallest absolute Gasteiger partial charge is 0.368 e. The third-order valence-corrected chi connectivity index (χ3v) is 5.16. The van der Waals surface area contributed by atoms with Crippen LogP contribution in [0.3, 0.4) is 0 Å². The minimum atomic E-state index is -7.98. The summed E-state index contributed by atoms with van der Waals surface area (Å²) in [6.07, 6.45) is -7.48. The zero-order valence-corrected chi connectivity index (χ0v) is 17.5. The minimum absolute atomic E-state index is 0.526. The van der Waals surface area contributed by atoms with Crippen LogP contribution >= 0.6 is 23.4 Å². The van der Waals surface area contributed by atoms with E-state index in [1.54, 1.807) is 0 Å². The number of nitrogens with zero attached hydrogens (tertiary/aromatic N) is 3. The van der Waals surface area contributed by atoms with E-state index in [0.717, 1.165) is 18.2 Å². The van der Waals surface area contributed by atoms with Gasteiger partial charge in [-0.1, -0.05) is 12.1 Å². The zero-order chi connectivity index (χ0) is 27.3. The number of rotatable bonds is 8. The molecule has 0 aliphatic carbocycles. The number of anilines is 3. The van der Waals surface area contributed by atoms with E-state index < -0.39 is 74.6 Å². The quantitative estimate of drug-likeness (QED) is 0.273. The highest BCUT2D eigenvalue weighted by Crippen LogP contribution is 2.63. The Morgan fingerprint density at radius 3 is 1.74 bits per heavy atom. The summed E-state index contributed by atoms with van der Waals surface area (Å²) < 4.78 is 173. The maximum atomic E-state index is 14.2. The molecule has 0 atom stereocenters. The van der Waals surface area contributed by atoms with Gasteiger partial charge in [-0.3, -0.25) is 0 Å². The van der Waals surface area contributed by atoms with Gasteiger partial charge in [-0.25, -0.2) is 0 Å². The SMILES string of the molecule is Nc1nc(Cl)nc(Nc2ccccc2SC(F)(F)C(F)(F)C(F)(F)C(F)(F)C(F)(F)C(F)(F)F)n1. The van der Waals surface area contributed by atoms with Gasteiger partial charge in [-0.2, -0.15) is 72.0 Å². The van der Waals surface area contributed by atoms with Crippen LogP contribution in [-0.2, 0) is 0 Å². The van der Waals surface area contributed by atoms with E-state index in [9.17, 15) is 57.1 Å². The summed E-state index contributed by atoms with van der Waals surface area (Å²) in [4.78, 5) is 9.11. The number of halogens is 14. The predicted octanol–water partition coefficient (Wildman–Crippen LogP) is 6.64. The number of aromatic nitrogens is 3. The Morgan fingerprint density at radius 2 is 1.23 bits per heavy atom. The Balaban J connectivity index is 2.47. The molecule has 5 nitrogen and oxygen atoms in total. The van der Waals surface area contributed by atoms with E-state index in [2.05, 4.69) is 20.3 Å². The van der Waals surface area contributed by atoms with Gasteiger partial charge in [0.25, 0.3) is 0 Å². The largest absolute Gasteiger partial charge is 0.460 e. The van der Waals surface area contributed by atoms with E-state index in [0.29, 0.717) is 6.07 Å². The molecule has 0 bridgehead atoms. The molecule has 1 heterocycles.